The van der Waals surface area contributed by atoms with Gasteiger partial charge in [-0.2, -0.15) is 0 Å². The third-order valence-corrected chi connectivity index (χ3v) is 18.9. The van der Waals surface area contributed by atoms with Crippen LogP contribution < -0.4 is 4.90 Å². The van der Waals surface area contributed by atoms with E-state index in [1.165, 1.54) is 64.8 Å². The van der Waals surface area contributed by atoms with Crippen LogP contribution in [-0.2, 0) is 35.9 Å². The Bertz CT molecular complexity index is 2120. The van der Waals surface area contributed by atoms with E-state index in [0.29, 0.717) is 5.69 Å². The number of hydrogen-bond donors (Lipinski definition) is 2. The van der Waals surface area contributed by atoms with Gasteiger partial charge in [0.05, 0.1) is 18.9 Å². The maximum Gasteiger partial charge on any atom is 0.265 e. The predicted octanol–water partition coefficient (Wildman–Crippen LogP) is 1.81. The SMILES string of the molecule is CC(=O)N1c2ccccc2C2(n3cc(CC45SSC(CO)(C(=O)N4C)N(C)C5=O)c4ccccc43)CC34SSC(CO)(C(=O)N3C12)N(C)C4=O. The number of rotatable bonds is 5. The molecule has 0 aliphatic carbocycles. The van der Waals surface area contributed by atoms with E-state index in [1.807, 2.05) is 54.7 Å². The zero-order valence-electron chi connectivity index (χ0n) is 27.4. The van der Waals surface area contributed by atoms with Crippen LogP contribution >= 0.6 is 43.2 Å². The van der Waals surface area contributed by atoms with E-state index < -0.39 is 50.3 Å². The van der Waals surface area contributed by atoms with Gasteiger partial charge >= 0.3 is 0 Å². The number of aliphatic hydroxyl groups is 2. The molecular weight excluding hydrogens is 721 g/mol. The molecule has 13 nitrogen and oxygen atoms in total. The number of amides is 5. The molecule has 260 valence electrons. The Kier molecular flexibility index (Phi) is 6.61. The summed E-state index contributed by atoms with van der Waals surface area (Å²) >= 11 is 0. The van der Waals surface area contributed by atoms with E-state index in [1.54, 1.807) is 30.9 Å². The maximum atomic E-state index is 14.7. The first-order valence-corrected chi connectivity index (χ1v) is 20.3. The van der Waals surface area contributed by atoms with Crippen molar-refractivity contribution >= 4 is 89.3 Å². The summed E-state index contributed by atoms with van der Waals surface area (Å²) < 4.78 is 2.07. The molecule has 3 aromatic rings. The molecule has 17 heteroatoms. The van der Waals surface area contributed by atoms with Gasteiger partial charge in [0.25, 0.3) is 23.6 Å². The van der Waals surface area contributed by atoms with Crippen molar-refractivity contribution in [3.05, 3.63) is 65.9 Å². The summed E-state index contributed by atoms with van der Waals surface area (Å²) in [5.74, 6) is -1.71. The van der Waals surface area contributed by atoms with Gasteiger partial charge in [-0.05, 0) is 39.3 Å². The average Bonchev–Trinajstić information content (AvgIpc) is 3.73. The molecule has 11 rings (SSSR count). The van der Waals surface area contributed by atoms with Crippen LogP contribution in [0.3, 0.4) is 0 Å². The van der Waals surface area contributed by atoms with Crippen LogP contribution in [0.25, 0.3) is 10.9 Å². The number of likely N-dealkylation sites (N-methyl/N-ethyl adjacent to an activating group) is 3. The maximum absolute atomic E-state index is 14.7. The van der Waals surface area contributed by atoms with Gasteiger partial charge in [-0.1, -0.05) is 58.0 Å². The molecule has 1 aromatic heterocycles. The van der Waals surface area contributed by atoms with Crippen molar-refractivity contribution in [2.75, 3.05) is 39.3 Å². The van der Waals surface area contributed by atoms with Gasteiger partial charge < -0.3 is 29.5 Å². The molecule has 0 saturated carbocycles. The molecule has 6 atom stereocenters. The second-order valence-corrected chi connectivity index (χ2v) is 19.0. The van der Waals surface area contributed by atoms with Crippen LogP contribution in [0, 0.1) is 0 Å². The Morgan fingerprint density at radius 1 is 0.780 bits per heavy atom. The van der Waals surface area contributed by atoms with Crippen LogP contribution in [0.15, 0.2) is 54.7 Å². The highest BCUT2D eigenvalue weighted by Crippen LogP contribution is 2.70. The van der Waals surface area contributed by atoms with Crippen molar-refractivity contribution in [3.63, 3.8) is 0 Å². The Morgan fingerprint density at radius 2 is 1.36 bits per heavy atom. The van der Waals surface area contributed by atoms with Crippen molar-refractivity contribution in [2.24, 2.45) is 0 Å². The number of para-hydroxylation sites is 2. The highest BCUT2D eigenvalue weighted by Gasteiger charge is 2.80. The standard InChI is InChI=1S/C33H32N6O7S4/c1-18(42)38-23-12-8-6-10-21(23)29(15-31-26(44)36(4)33(17-41,50-48-31)28(46)39(31)24(29)38)37-14-19(20-9-5-7-11-22(20)37)13-30-25(43)35(3)32(16-40,49-47-30)27(45)34(30)2/h5-12,14,24,40-41H,13,15-17H2,1-4H3. The van der Waals surface area contributed by atoms with Crippen LogP contribution in [0.1, 0.15) is 24.5 Å². The quantitative estimate of drug-likeness (QED) is 0.368. The number of carbonyl (C=O) groups is 5. The normalized spacial score (nSPS) is 35.5. The molecule has 6 unspecified atom stereocenters. The Hall–Kier alpha value is -3.35. The van der Waals surface area contributed by atoms with Crippen molar-refractivity contribution < 1.29 is 34.2 Å². The average molecular weight is 753 g/mol. The summed E-state index contributed by atoms with van der Waals surface area (Å²) in [4.78, 5) is 72.4. The molecule has 7 saturated heterocycles. The van der Waals surface area contributed by atoms with Crippen molar-refractivity contribution in [3.8, 4) is 0 Å². The topological polar surface area (TPSA) is 147 Å². The van der Waals surface area contributed by atoms with Gasteiger partial charge in [-0.25, -0.2) is 0 Å². The lowest BCUT2D eigenvalue weighted by Gasteiger charge is -2.58. The molecular formula is C33H32N6O7S4. The molecule has 8 aliphatic rings. The number of piperazine rings is 2. The molecule has 5 amide bonds. The monoisotopic (exact) mass is 752 g/mol. The van der Waals surface area contributed by atoms with Crippen molar-refractivity contribution in [2.45, 2.75) is 51.0 Å². The summed E-state index contributed by atoms with van der Waals surface area (Å²) in [5, 5.41) is 21.7. The molecule has 1 spiro atoms. The summed E-state index contributed by atoms with van der Waals surface area (Å²) in [6, 6.07) is 15.2. The first-order valence-electron chi connectivity index (χ1n) is 16.0. The van der Waals surface area contributed by atoms with Crippen LogP contribution in [-0.4, -0.2) is 124 Å². The fourth-order valence-electron chi connectivity index (χ4n) is 8.99. The van der Waals surface area contributed by atoms with Gasteiger partial charge in [0, 0.05) is 63.6 Å². The Labute approximate surface area is 302 Å². The van der Waals surface area contributed by atoms with Gasteiger partial charge in [-0.3, -0.25) is 33.8 Å². The minimum atomic E-state index is -1.55. The smallest absolute Gasteiger partial charge is 0.265 e. The van der Waals surface area contributed by atoms with E-state index in [4.69, 9.17) is 0 Å². The molecule has 7 fully saturated rings. The number of fused-ring (bicyclic) bond motifs is 9. The van der Waals surface area contributed by atoms with Gasteiger partial charge in [0.15, 0.2) is 9.74 Å². The summed E-state index contributed by atoms with van der Waals surface area (Å²) in [7, 11) is 9.58. The zero-order chi connectivity index (χ0) is 35.3. The highest BCUT2D eigenvalue weighted by atomic mass is 33.1. The first kappa shape index (κ1) is 32.6. The second kappa shape index (κ2) is 10.2. The lowest BCUT2D eigenvalue weighted by Crippen LogP contribution is -2.78. The number of aliphatic hydroxyl groups excluding tert-OH is 2. The minimum absolute atomic E-state index is 0.131. The van der Waals surface area contributed by atoms with E-state index >= 15 is 0 Å². The van der Waals surface area contributed by atoms with Gasteiger partial charge in [0.2, 0.25) is 15.6 Å². The molecule has 0 radical (unpaired) electrons. The van der Waals surface area contributed by atoms with E-state index in [2.05, 4.69) is 4.57 Å². The van der Waals surface area contributed by atoms with Crippen molar-refractivity contribution in [1.82, 2.24) is 24.2 Å². The number of aromatic nitrogens is 1. The third kappa shape index (κ3) is 3.34. The molecule has 2 aromatic carbocycles. The molecule has 9 heterocycles. The fraction of sp³-hybridized carbons (Fsp3) is 0.424. The number of anilines is 1. The summed E-state index contributed by atoms with van der Waals surface area (Å²) in [6.07, 6.45) is 1.26. The second-order valence-electron chi connectivity index (χ2n) is 13.7. The first-order chi connectivity index (χ1) is 23.8. The predicted molar refractivity (Wildman–Crippen MR) is 191 cm³/mol. The van der Waals surface area contributed by atoms with Gasteiger partial charge in [0.1, 0.15) is 11.7 Å². The number of nitrogens with zero attached hydrogens (tertiary/aromatic N) is 6. The zero-order valence-corrected chi connectivity index (χ0v) is 30.6. The fourth-order valence-corrected chi connectivity index (χ4v) is 16.2. The highest BCUT2D eigenvalue weighted by molar-refractivity contribution is 8.78. The summed E-state index contributed by atoms with van der Waals surface area (Å²) in [5.41, 5.74) is 1.75. The van der Waals surface area contributed by atoms with Crippen LogP contribution in [0.5, 0.6) is 0 Å². The number of hydrogen-bond acceptors (Lipinski definition) is 11. The molecule has 50 heavy (non-hydrogen) atoms. The van der Waals surface area contributed by atoms with Crippen molar-refractivity contribution in [1.29, 1.82) is 0 Å². The van der Waals surface area contributed by atoms with Gasteiger partial charge in [-0.15, -0.1) is 0 Å². The molecule has 4 bridgehead atoms. The van der Waals surface area contributed by atoms with Crippen LogP contribution in [0.4, 0.5) is 5.69 Å². The lowest BCUT2D eigenvalue weighted by molar-refractivity contribution is -0.167. The third-order valence-electron chi connectivity index (χ3n) is 11.6. The lowest BCUT2D eigenvalue weighted by atomic mass is 9.86. The molecule has 8 aliphatic heterocycles. The Balaban J connectivity index is 1.29. The number of benzene rings is 2. The molecule has 2 N–H and O–H groups in total. The largest absolute Gasteiger partial charge is 0.392 e. The van der Waals surface area contributed by atoms with E-state index in [9.17, 15) is 34.2 Å². The van der Waals surface area contributed by atoms with E-state index in [0.717, 1.165) is 22.0 Å². The Morgan fingerprint density at radius 3 is 2.08 bits per heavy atom. The van der Waals surface area contributed by atoms with Crippen LogP contribution in [0.2, 0.25) is 0 Å². The summed E-state index contributed by atoms with van der Waals surface area (Å²) in [6.45, 7) is 0.342. The minimum Gasteiger partial charge on any atom is -0.392 e. The number of carbonyl (C=O) groups excluding carboxylic acids is 5. The van der Waals surface area contributed by atoms with E-state index in [-0.39, 0.29) is 36.5 Å².